The molecule has 36 heteroatoms. The molecular formula is C112H81Cl7N10O15S4. The molecular weight excluding hydrogens is 2100 g/mol. The number of aliphatic hydroxyl groups is 2. The van der Waals surface area contributed by atoms with E-state index < -0.39 is 12.2 Å². The highest BCUT2D eigenvalue weighted by molar-refractivity contribution is 7.21. The van der Waals surface area contributed by atoms with Crippen molar-refractivity contribution in [3.63, 3.8) is 0 Å². The third-order valence-electron chi connectivity index (χ3n) is 22.2. The van der Waals surface area contributed by atoms with Gasteiger partial charge in [-0.1, -0.05) is 160 Å². The number of ether oxygens (including phenoxy) is 5. The SMILES string of the molecule is CC(=O)c1ccc(OCC(=O)Nc2ccc3cnccc3c2)c(Cl)c1Cl.Cc1cc(C(=O)c2cccs2)ccc1OCC(=O)Nc1ccc2cnccc2c1.O=C(COc1ccc(C(=O)c2cc3ccccc3s2)c(Cl)c1Cl)Nc1ccc2cnccc2c1.O=C(COc1ccc(C(O)c2cccs2)c(Cl)c1)Nc1ccc2cnccc2c1.O=C(COc1ccc(C(O)c2cccs2)c(Cl)c1Cl)Nc1ccc2cnccc2c1. The first-order valence-electron chi connectivity index (χ1n) is 44.9. The average molecular weight is 2180 g/mol. The standard InChI is InChI=1S/C26H16Cl2N2O3S.C23H18N2O3S.C22H16Cl2N2O3S.C22H17ClN2O3S.C19H14Cl2N2O3/c27-24-19(26(32)22-12-16-3-1-2-4-21(16)34-22)7-8-20(25(24)28)33-14-23(31)30-18-6-5-17-13-29-10-9-15(17)11-18;1-15-11-17(23(27)21-3-2-10-29-21)5-7-20(15)28-14-22(26)25-19-6-4-18-13-24-9-8-16(18)12-19;23-20-16(22(28)18-2-1-9-30-18)5-6-17(21(20)24)29-12-19(27)26-15-4-3-14-11-25-8-7-13(14)10-15;23-19-11-17(5-6-18(19)22(27)20-2-1-9-29-20)28-13-21(26)25-16-4-3-15-12-24-8-7-14(15)10-16;1-11(24)15-4-5-16(19(21)18(15)20)26-10-17(25)23-14-3-2-13-9-22-7-6-12(13)8-14/h1-13H,14H2,(H,30,31);2-13H,14H2,1H3,(H,25,26);1-11,22,28H,12H2,(H,26,27);1-12,22,27H,13H2,(H,25,26);2-9H,10H2,1H3,(H,23,25). The lowest BCUT2D eigenvalue weighted by Gasteiger charge is -2.15. The van der Waals surface area contributed by atoms with Crippen LogP contribution in [0, 0.1) is 6.92 Å². The lowest BCUT2D eigenvalue weighted by Crippen LogP contribution is -2.20. The van der Waals surface area contributed by atoms with Crippen molar-refractivity contribution in [1.82, 2.24) is 24.9 Å². The monoisotopic (exact) mass is 2180 g/mol. The van der Waals surface area contributed by atoms with Crippen LogP contribution < -0.4 is 50.3 Å². The minimum absolute atomic E-state index is 0.0149. The van der Waals surface area contributed by atoms with Gasteiger partial charge in [0.15, 0.2) is 38.8 Å². The molecule has 5 amide bonds. The molecule has 25 nitrogen and oxygen atoms in total. The molecule has 0 saturated carbocycles. The molecule has 2 unspecified atom stereocenters. The van der Waals surface area contributed by atoms with Crippen LogP contribution in [0.25, 0.3) is 63.9 Å². The van der Waals surface area contributed by atoms with Crippen LogP contribution in [0.5, 0.6) is 28.7 Å². The van der Waals surface area contributed by atoms with Crippen molar-refractivity contribution in [2.75, 3.05) is 59.6 Å². The van der Waals surface area contributed by atoms with E-state index in [1.165, 1.54) is 64.4 Å². The van der Waals surface area contributed by atoms with E-state index >= 15 is 0 Å². The second-order valence-corrected chi connectivity index (χ2v) is 39.1. The number of Topliss-reactive ketones (excluding diaryl/α,β-unsaturated/α-hetero) is 1. The molecule has 0 aliphatic rings. The fourth-order valence-corrected chi connectivity index (χ4v) is 19.8. The number of halogens is 7. The Hall–Kier alpha value is -15.2. The van der Waals surface area contributed by atoms with Crippen LogP contribution in [-0.2, 0) is 24.0 Å². The number of hydrogen-bond acceptors (Lipinski definition) is 24. The number of benzene rings is 11. The van der Waals surface area contributed by atoms with Gasteiger partial charge in [0.05, 0.1) is 29.8 Å². The molecule has 7 N–H and O–H groups in total. The minimum atomic E-state index is -0.879. The first-order valence-corrected chi connectivity index (χ1v) is 51.0. The Balaban J connectivity index is 0.000000132. The van der Waals surface area contributed by atoms with Crippen molar-refractivity contribution in [3.05, 3.63) is 427 Å². The first kappa shape index (κ1) is 106. The maximum Gasteiger partial charge on any atom is 0.262 e. The Morgan fingerprint density at radius 1 is 0.318 bits per heavy atom. The van der Waals surface area contributed by atoms with Gasteiger partial charge in [-0.3, -0.25) is 63.3 Å². The summed E-state index contributed by atoms with van der Waals surface area (Å²) in [5.74, 6) is -0.247. The van der Waals surface area contributed by atoms with Gasteiger partial charge in [0.25, 0.3) is 29.5 Å². The zero-order valence-electron chi connectivity index (χ0n) is 77.7. The molecule has 0 bridgehead atoms. The Labute approximate surface area is 896 Å². The third kappa shape index (κ3) is 27.6. The predicted molar refractivity (Wildman–Crippen MR) is 591 cm³/mol. The molecule has 20 aromatic rings. The molecule has 9 aromatic heterocycles. The number of aliphatic hydroxyl groups excluding tert-OH is 2. The van der Waals surface area contributed by atoms with E-state index in [9.17, 15) is 48.6 Å². The number of amides is 5. The Morgan fingerprint density at radius 3 is 1.09 bits per heavy atom. The number of carbonyl (C=O) groups is 8. The van der Waals surface area contributed by atoms with Gasteiger partial charge in [0.2, 0.25) is 11.6 Å². The van der Waals surface area contributed by atoms with E-state index in [1.54, 1.807) is 147 Å². The highest BCUT2D eigenvalue weighted by atomic mass is 35.5. The molecule has 0 aliphatic carbocycles. The number of nitrogens with zero attached hydrogens (tertiary/aromatic N) is 5. The minimum Gasteiger partial charge on any atom is -0.484 e. The van der Waals surface area contributed by atoms with Gasteiger partial charge in [-0.25, -0.2) is 0 Å². The van der Waals surface area contributed by atoms with Crippen LogP contribution in [0.15, 0.2) is 339 Å². The largest absolute Gasteiger partial charge is 0.484 e. The topological polar surface area (TPSA) is 348 Å². The maximum atomic E-state index is 13.0. The Bertz CT molecular complexity index is 8290. The van der Waals surface area contributed by atoms with Gasteiger partial charge in [0, 0.05) is 160 Å². The number of carbonyl (C=O) groups excluding carboxylic acids is 8. The zero-order chi connectivity index (χ0) is 104. The Kier molecular flexibility index (Phi) is 35.9. The molecule has 20 rings (SSSR count). The fraction of sp³-hybridized carbons (Fsp3) is 0.0804. The smallest absolute Gasteiger partial charge is 0.262 e. The van der Waals surface area contributed by atoms with Gasteiger partial charge in [-0.05, 0) is 250 Å². The van der Waals surface area contributed by atoms with Crippen LogP contribution in [0.3, 0.4) is 0 Å². The number of hydrogen-bond donors (Lipinski definition) is 7. The summed E-state index contributed by atoms with van der Waals surface area (Å²) in [4.78, 5) is 121. The average Bonchev–Trinajstić information content (AvgIpc) is 1.47. The summed E-state index contributed by atoms with van der Waals surface area (Å²) in [5.41, 5.74) is 6.39. The number of ketones is 3. The van der Waals surface area contributed by atoms with Crippen LogP contribution in [0.1, 0.15) is 86.4 Å². The molecule has 0 fully saturated rings. The number of nitrogens with one attached hydrogen (secondary N) is 5. The van der Waals surface area contributed by atoms with E-state index in [4.69, 9.17) is 105 Å². The van der Waals surface area contributed by atoms with E-state index in [0.717, 1.165) is 79.3 Å². The normalized spacial score (nSPS) is 11.2. The van der Waals surface area contributed by atoms with Gasteiger partial charge < -0.3 is 60.5 Å². The van der Waals surface area contributed by atoms with Crippen LogP contribution in [0.2, 0.25) is 35.2 Å². The van der Waals surface area contributed by atoms with Crippen LogP contribution in [0.4, 0.5) is 28.4 Å². The van der Waals surface area contributed by atoms with Crippen LogP contribution in [-0.4, -0.2) is 115 Å². The van der Waals surface area contributed by atoms with Gasteiger partial charge in [0.1, 0.15) is 56.0 Å². The molecule has 0 spiro atoms. The molecule has 11 aromatic carbocycles. The lowest BCUT2D eigenvalue weighted by molar-refractivity contribution is -0.118. The molecule has 148 heavy (non-hydrogen) atoms. The summed E-state index contributed by atoms with van der Waals surface area (Å²) in [6.45, 7) is 2.22. The highest BCUT2D eigenvalue weighted by Gasteiger charge is 2.26. The molecule has 0 aliphatic heterocycles. The third-order valence-corrected chi connectivity index (χ3v) is 29.0. The summed E-state index contributed by atoms with van der Waals surface area (Å²) < 4.78 is 28.8. The quantitative estimate of drug-likeness (QED) is 0.0214. The molecule has 742 valence electrons. The summed E-state index contributed by atoms with van der Waals surface area (Å²) in [5, 5.41) is 52.5. The number of anilines is 5. The molecule has 2 atom stereocenters. The van der Waals surface area contributed by atoms with Crippen LogP contribution >= 0.6 is 127 Å². The van der Waals surface area contributed by atoms with Gasteiger partial charge in [-0.2, -0.15) is 0 Å². The summed E-state index contributed by atoms with van der Waals surface area (Å²) >= 11 is 49.6. The summed E-state index contributed by atoms with van der Waals surface area (Å²) in [7, 11) is 0. The highest BCUT2D eigenvalue weighted by Crippen LogP contribution is 2.43. The van der Waals surface area contributed by atoms with E-state index in [2.05, 4.69) is 51.5 Å². The number of thiophene rings is 4. The van der Waals surface area contributed by atoms with E-state index in [0.29, 0.717) is 77.0 Å². The second kappa shape index (κ2) is 50.3. The van der Waals surface area contributed by atoms with E-state index in [-0.39, 0.29) is 133 Å². The summed E-state index contributed by atoms with van der Waals surface area (Å²) in [6.07, 6.45) is 15.6. The van der Waals surface area contributed by atoms with Gasteiger partial charge >= 0.3 is 0 Å². The number of aromatic nitrogens is 5. The van der Waals surface area contributed by atoms with Crippen molar-refractivity contribution in [3.8, 4) is 28.7 Å². The van der Waals surface area contributed by atoms with Crippen molar-refractivity contribution < 1.29 is 72.3 Å². The number of aryl methyl sites for hydroxylation is 1. The van der Waals surface area contributed by atoms with Crippen molar-refractivity contribution in [2.45, 2.75) is 26.1 Å². The maximum absolute atomic E-state index is 13.0. The van der Waals surface area contributed by atoms with E-state index in [1.807, 2.05) is 187 Å². The molecule has 0 saturated heterocycles. The predicted octanol–water partition coefficient (Wildman–Crippen LogP) is 27.4. The Morgan fingerprint density at radius 2 is 0.689 bits per heavy atom. The van der Waals surface area contributed by atoms with Gasteiger partial charge in [-0.15, -0.1) is 45.3 Å². The van der Waals surface area contributed by atoms with Crippen molar-refractivity contribution >= 4 is 266 Å². The first-order chi connectivity index (χ1) is 71.7. The zero-order valence-corrected chi connectivity index (χ0v) is 86.3. The molecule has 0 radical (unpaired) electrons. The number of fused-ring (bicyclic) bond motifs is 6. The summed E-state index contributed by atoms with van der Waals surface area (Å²) in [6, 6.07) is 77.4. The molecule has 9 heterocycles. The van der Waals surface area contributed by atoms with Crippen molar-refractivity contribution in [1.29, 1.82) is 0 Å². The van der Waals surface area contributed by atoms with Crippen molar-refractivity contribution in [2.24, 2.45) is 0 Å². The second-order valence-electron chi connectivity index (χ2n) is 32.5. The number of rotatable bonds is 29. The fourth-order valence-electron chi connectivity index (χ4n) is 14.9. The lowest BCUT2D eigenvalue weighted by atomic mass is 10.1. The number of pyridine rings is 5.